The van der Waals surface area contributed by atoms with E-state index in [1.807, 2.05) is 20.8 Å². The van der Waals surface area contributed by atoms with E-state index in [9.17, 15) is 13.6 Å². The van der Waals surface area contributed by atoms with Gasteiger partial charge in [0.25, 0.3) is 5.92 Å². The highest BCUT2D eigenvalue weighted by Crippen LogP contribution is 2.45. The molecule has 0 spiro atoms. The second-order valence-electron chi connectivity index (χ2n) is 5.53. The van der Waals surface area contributed by atoms with Crippen LogP contribution >= 0.6 is 0 Å². The Bertz CT molecular complexity index is 247. The molecule has 1 saturated carbocycles. The van der Waals surface area contributed by atoms with Crippen molar-refractivity contribution in [2.45, 2.75) is 51.5 Å². The molecule has 0 heterocycles. The van der Waals surface area contributed by atoms with Crippen LogP contribution in [0.2, 0.25) is 0 Å². The van der Waals surface area contributed by atoms with Gasteiger partial charge in [0.15, 0.2) is 5.78 Å². The van der Waals surface area contributed by atoms with Crippen LogP contribution in [0.25, 0.3) is 0 Å². The minimum absolute atomic E-state index is 0.186. The summed E-state index contributed by atoms with van der Waals surface area (Å²) < 4.78 is 25.2. The molecule has 0 saturated heterocycles. The average molecular weight is 205 g/mol. The second-order valence-corrected chi connectivity index (χ2v) is 5.53. The number of halogens is 2. The van der Waals surface area contributed by atoms with Crippen LogP contribution in [0, 0.1) is 5.41 Å². The third-order valence-corrected chi connectivity index (χ3v) is 2.39. The van der Waals surface area contributed by atoms with Gasteiger partial charge in [-0.3, -0.25) is 4.79 Å². The minimum Gasteiger partial charge on any atom is -0.319 e. The van der Waals surface area contributed by atoms with Gasteiger partial charge in [-0.05, 0) is 5.41 Å². The first-order valence-corrected chi connectivity index (χ1v) is 4.74. The number of nitrogens with two attached hydrogens (primary N) is 1. The van der Waals surface area contributed by atoms with E-state index in [0.29, 0.717) is 0 Å². The van der Waals surface area contributed by atoms with E-state index < -0.39 is 24.3 Å². The van der Waals surface area contributed by atoms with Crippen molar-refractivity contribution in [3.8, 4) is 0 Å². The van der Waals surface area contributed by atoms with Crippen molar-refractivity contribution in [1.82, 2.24) is 0 Å². The van der Waals surface area contributed by atoms with Crippen molar-refractivity contribution in [3.05, 3.63) is 0 Å². The van der Waals surface area contributed by atoms with Gasteiger partial charge in [-0.25, -0.2) is 8.78 Å². The molecule has 4 heteroatoms. The summed E-state index contributed by atoms with van der Waals surface area (Å²) in [4.78, 5) is 11.6. The first kappa shape index (κ1) is 11.6. The van der Waals surface area contributed by atoms with Crippen molar-refractivity contribution in [2.75, 3.05) is 0 Å². The maximum absolute atomic E-state index is 12.6. The monoisotopic (exact) mass is 205 g/mol. The number of rotatable bonds is 2. The Morgan fingerprint density at radius 1 is 1.36 bits per heavy atom. The standard InChI is InChI=1S/C10H17F2NO/c1-8(2,3)4-7(14)9(13)5-10(11,12)6-9/h4-6,13H2,1-3H3. The summed E-state index contributed by atoms with van der Waals surface area (Å²) >= 11 is 0. The zero-order chi connectivity index (χ0) is 11.2. The van der Waals surface area contributed by atoms with Crippen molar-refractivity contribution < 1.29 is 13.6 Å². The van der Waals surface area contributed by atoms with Crippen molar-refractivity contribution in [1.29, 1.82) is 0 Å². The molecule has 0 atom stereocenters. The van der Waals surface area contributed by atoms with Crippen LogP contribution in [0.3, 0.4) is 0 Å². The van der Waals surface area contributed by atoms with Crippen molar-refractivity contribution in [3.63, 3.8) is 0 Å². The second kappa shape index (κ2) is 2.99. The van der Waals surface area contributed by atoms with Gasteiger partial charge >= 0.3 is 0 Å². The van der Waals surface area contributed by atoms with Gasteiger partial charge in [0, 0.05) is 19.3 Å². The van der Waals surface area contributed by atoms with Crippen LogP contribution in [-0.4, -0.2) is 17.2 Å². The SMILES string of the molecule is CC(C)(C)CC(=O)C1(N)CC(F)(F)C1. The Morgan fingerprint density at radius 2 is 1.79 bits per heavy atom. The maximum atomic E-state index is 12.6. The maximum Gasteiger partial charge on any atom is 0.252 e. The average Bonchev–Trinajstić information content (AvgIpc) is 1.77. The highest BCUT2D eigenvalue weighted by molar-refractivity contribution is 5.90. The highest BCUT2D eigenvalue weighted by atomic mass is 19.3. The molecule has 0 aromatic heterocycles. The lowest BCUT2D eigenvalue weighted by Crippen LogP contribution is -2.63. The molecule has 1 fully saturated rings. The molecule has 0 aromatic carbocycles. The summed E-state index contributed by atoms with van der Waals surface area (Å²) in [5.74, 6) is -2.97. The summed E-state index contributed by atoms with van der Waals surface area (Å²) in [5, 5.41) is 0. The fourth-order valence-electron chi connectivity index (χ4n) is 1.73. The zero-order valence-electron chi connectivity index (χ0n) is 8.86. The fourth-order valence-corrected chi connectivity index (χ4v) is 1.73. The third-order valence-electron chi connectivity index (χ3n) is 2.39. The van der Waals surface area contributed by atoms with Gasteiger partial charge in [0.1, 0.15) is 0 Å². The van der Waals surface area contributed by atoms with Crippen LogP contribution in [0.1, 0.15) is 40.0 Å². The molecule has 0 amide bonds. The molecule has 82 valence electrons. The number of alkyl halides is 2. The summed E-state index contributed by atoms with van der Waals surface area (Å²) in [6, 6.07) is 0. The Morgan fingerprint density at radius 3 is 2.07 bits per heavy atom. The molecule has 0 aliphatic heterocycles. The Hall–Kier alpha value is -0.510. The topological polar surface area (TPSA) is 43.1 Å². The van der Waals surface area contributed by atoms with Gasteiger partial charge < -0.3 is 5.73 Å². The predicted molar refractivity (Wildman–Crippen MR) is 50.2 cm³/mol. The minimum atomic E-state index is -2.73. The van der Waals surface area contributed by atoms with E-state index in [1.165, 1.54) is 0 Å². The van der Waals surface area contributed by atoms with Gasteiger partial charge in [0.05, 0.1) is 5.54 Å². The van der Waals surface area contributed by atoms with Crippen LogP contribution in [0.4, 0.5) is 8.78 Å². The molecule has 0 bridgehead atoms. The fraction of sp³-hybridized carbons (Fsp3) is 0.900. The molecule has 1 rings (SSSR count). The lowest BCUT2D eigenvalue weighted by atomic mass is 9.68. The van der Waals surface area contributed by atoms with Crippen LogP contribution < -0.4 is 5.73 Å². The summed E-state index contributed by atoms with van der Waals surface area (Å²) in [6.07, 6.45) is -0.719. The number of carbonyl (C=O) groups is 1. The normalized spacial score (nSPS) is 24.1. The Balaban J connectivity index is 2.56. The molecular formula is C10H17F2NO. The van der Waals surface area contributed by atoms with E-state index in [2.05, 4.69) is 0 Å². The molecular weight excluding hydrogens is 188 g/mol. The molecule has 0 radical (unpaired) electrons. The third kappa shape index (κ3) is 2.50. The smallest absolute Gasteiger partial charge is 0.252 e. The zero-order valence-corrected chi connectivity index (χ0v) is 8.86. The van der Waals surface area contributed by atoms with E-state index in [4.69, 9.17) is 5.73 Å². The van der Waals surface area contributed by atoms with Crippen molar-refractivity contribution >= 4 is 5.78 Å². The Kier molecular flexibility index (Phi) is 2.47. The number of ketones is 1. The predicted octanol–water partition coefficient (Wildman–Crippen LogP) is 2.12. The molecule has 1 aliphatic carbocycles. The summed E-state index contributed by atoms with van der Waals surface area (Å²) in [6.45, 7) is 5.68. The van der Waals surface area contributed by atoms with Gasteiger partial charge in [-0.15, -0.1) is 0 Å². The number of Topliss-reactive ketones (excluding diaryl/α,β-unsaturated/α-hetero) is 1. The van der Waals surface area contributed by atoms with Crippen LogP contribution in [0.5, 0.6) is 0 Å². The van der Waals surface area contributed by atoms with Gasteiger partial charge in [0.2, 0.25) is 0 Å². The molecule has 0 aromatic rings. The lowest BCUT2D eigenvalue weighted by Gasteiger charge is -2.44. The number of carbonyl (C=O) groups excluding carboxylic acids is 1. The van der Waals surface area contributed by atoms with E-state index >= 15 is 0 Å². The molecule has 1 aliphatic rings. The van der Waals surface area contributed by atoms with Crippen LogP contribution in [0.15, 0.2) is 0 Å². The molecule has 14 heavy (non-hydrogen) atoms. The highest BCUT2D eigenvalue weighted by Gasteiger charge is 2.58. The molecule has 2 nitrogen and oxygen atoms in total. The number of hydrogen-bond acceptors (Lipinski definition) is 2. The number of hydrogen-bond donors (Lipinski definition) is 1. The van der Waals surface area contributed by atoms with Gasteiger partial charge in [-0.1, -0.05) is 20.8 Å². The lowest BCUT2D eigenvalue weighted by molar-refractivity contribution is -0.155. The van der Waals surface area contributed by atoms with Gasteiger partial charge in [-0.2, -0.15) is 0 Å². The van der Waals surface area contributed by atoms with Crippen LogP contribution in [-0.2, 0) is 4.79 Å². The summed E-state index contributed by atoms with van der Waals surface area (Å²) in [7, 11) is 0. The first-order chi connectivity index (χ1) is 6.04. The van der Waals surface area contributed by atoms with E-state index in [1.54, 1.807) is 0 Å². The molecule has 2 N–H and O–H groups in total. The largest absolute Gasteiger partial charge is 0.319 e. The first-order valence-electron chi connectivity index (χ1n) is 4.74. The summed E-state index contributed by atoms with van der Waals surface area (Å²) in [5.41, 5.74) is 4.15. The van der Waals surface area contributed by atoms with E-state index in [-0.39, 0.29) is 17.6 Å². The quantitative estimate of drug-likeness (QED) is 0.750. The Labute approximate surface area is 82.9 Å². The van der Waals surface area contributed by atoms with Crippen molar-refractivity contribution in [2.24, 2.45) is 11.1 Å². The van der Waals surface area contributed by atoms with E-state index in [0.717, 1.165) is 0 Å². The molecule has 0 unspecified atom stereocenters.